The Kier molecular flexibility index (Phi) is 3.26. The van der Waals surface area contributed by atoms with Gasteiger partial charge < -0.3 is 0 Å². The van der Waals surface area contributed by atoms with Crippen molar-refractivity contribution >= 4 is 28.7 Å². The maximum absolute atomic E-state index is 13.0. The van der Waals surface area contributed by atoms with E-state index in [4.69, 9.17) is 11.6 Å². The Balaban J connectivity index is 2.40. The summed E-state index contributed by atoms with van der Waals surface area (Å²) in [7, 11) is 0. The number of halogens is 3. The van der Waals surface area contributed by atoms with Crippen LogP contribution in [0.4, 0.5) is 8.78 Å². The first-order chi connectivity index (χ1) is 7.99. The SMILES string of the molecule is Cc1cc(C(=O)c2ccc(F)c(F)c2)sc1Cl. The number of carbonyl (C=O) groups is 1. The second kappa shape index (κ2) is 4.55. The van der Waals surface area contributed by atoms with Gasteiger partial charge in [-0.05, 0) is 36.8 Å². The lowest BCUT2D eigenvalue weighted by Crippen LogP contribution is -2.00. The second-order valence-corrected chi connectivity index (χ2v) is 5.18. The van der Waals surface area contributed by atoms with E-state index in [1.807, 2.05) is 0 Å². The van der Waals surface area contributed by atoms with Gasteiger partial charge in [-0.25, -0.2) is 8.78 Å². The van der Waals surface area contributed by atoms with Crippen LogP contribution in [0.2, 0.25) is 4.34 Å². The highest BCUT2D eigenvalue weighted by Gasteiger charge is 2.15. The molecule has 1 nitrogen and oxygen atoms in total. The summed E-state index contributed by atoms with van der Waals surface area (Å²) >= 11 is 6.98. The third-order valence-electron chi connectivity index (χ3n) is 2.26. The van der Waals surface area contributed by atoms with E-state index in [1.165, 1.54) is 6.07 Å². The molecule has 0 bridgehead atoms. The molecule has 0 amide bonds. The largest absolute Gasteiger partial charge is 0.288 e. The lowest BCUT2D eigenvalue weighted by atomic mass is 10.1. The van der Waals surface area contributed by atoms with Crippen molar-refractivity contribution in [2.75, 3.05) is 0 Å². The lowest BCUT2D eigenvalue weighted by Gasteiger charge is -1.98. The Morgan fingerprint density at radius 2 is 1.94 bits per heavy atom. The number of ketones is 1. The molecular weight excluding hydrogens is 266 g/mol. The Morgan fingerprint density at radius 1 is 1.24 bits per heavy atom. The summed E-state index contributed by atoms with van der Waals surface area (Å²) in [6.45, 7) is 1.78. The molecule has 0 spiro atoms. The first kappa shape index (κ1) is 12.2. The zero-order valence-electron chi connectivity index (χ0n) is 8.76. The summed E-state index contributed by atoms with van der Waals surface area (Å²) in [5, 5.41) is 0. The summed E-state index contributed by atoms with van der Waals surface area (Å²) < 4.78 is 26.2. The molecule has 88 valence electrons. The van der Waals surface area contributed by atoms with Crippen LogP contribution in [0.15, 0.2) is 24.3 Å². The summed E-state index contributed by atoms with van der Waals surface area (Å²) in [5.74, 6) is -2.36. The molecule has 2 rings (SSSR count). The Hall–Kier alpha value is -1.26. The van der Waals surface area contributed by atoms with Gasteiger partial charge in [-0.3, -0.25) is 4.79 Å². The topological polar surface area (TPSA) is 17.1 Å². The number of rotatable bonds is 2. The number of benzene rings is 1. The van der Waals surface area contributed by atoms with Gasteiger partial charge in [-0.1, -0.05) is 11.6 Å². The number of carbonyl (C=O) groups excluding carboxylic acids is 1. The standard InChI is InChI=1S/C12H7ClF2OS/c1-6-4-10(17-12(6)13)11(16)7-2-3-8(14)9(15)5-7/h2-5H,1H3. The van der Waals surface area contributed by atoms with Crippen molar-refractivity contribution in [3.63, 3.8) is 0 Å². The Morgan fingerprint density at radius 3 is 2.47 bits per heavy atom. The molecule has 0 N–H and O–H groups in total. The van der Waals surface area contributed by atoms with E-state index in [1.54, 1.807) is 13.0 Å². The fraction of sp³-hybridized carbons (Fsp3) is 0.0833. The van der Waals surface area contributed by atoms with Crippen LogP contribution >= 0.6 is 22.9 Å². The van der Waals surface area contributed by atoms with Gasteiger partial charge in [0.25, 0.3) is 0 Å². The van der Waals surface area contributed by atoms with Crippen LogP contribution in [-0.4, -0.2) is 5.78 Å². The molecule has 1 aromatic carbocycles. The van der Waals surface area contributed by atoms with Gasteiger partial charge in [-0.2, -0.15) is 0 Å². The highest BCUT2D eigenvalue weighted by atomic mass is 35.5. The van der Waals surface area contributed by atoms with Crippen molar-refractivity contribution < 1.29 is 13.6 Å². The molecule has 5 heteroatoms. The number of hydrogen-bond acceptors (Lipinski definition) is 2. The summed E-state index contributed by atoms with van der Waals surface area (Å²) in [6, 6.07) is 4.71. The molecular formula is C12H7ClF2OS. The first-order valence-corrected chi connectivity index (χ1v) is 5.94. The minimum atomic E-state index is -1.03. The van der Waals surface area contributed by atoms with Crippen molar-refractivity contribution in [1.29, 1.82) is 0 Å². The Bertz CT molecular complexity index is 573. The van der Waals surface area contributed by atoms with Gasteiger partial charge in [0.05, 0.1) is 9.21 Å². The predicted molar refractivity (Wildman–Crippen MR) is 63.9 cm³/mol. The summed E-state index contributed by atoms with van der Waals surface area (Å²) in [6.07, 6.45) is 0. The van der Waals surface area contributed by atoms with Crippen LogP contribution in [-0.2, 0) is 0 Å². The predicted octanol–water partition coefficient (Wildman–Crippen LogP) is 4.22. The maximum atomic E-state index is 13.0. The molecule has 0 aliphatic carbocycles. The van der Waals surface area contributed by atoms with E-state index in [9.17, 15) is 13.6 Å². The molecule has 1 heterocycles. The van der Waals surface area contributed by atoms with E-state index in [0.717, 1.165) is 29.0 Å². The molecule has 0 radical (unpaired) electrons. The summed E-state index contributed by atoms with van der Waals surface area (Å²) in [5.41, 5.74) is 0.907. The monoisotopic (exact) mass is 272 g/mol. The van der Waals surface area contributed by atoms with E-state index in [2.05, 4.69) is 0 Å². The van der Waals surface area contributed by atoms with Crippen LogP contribution in [0.5, 0.6) is 0 Å². The molecule has 0 atom stereocenters. The van der Waals surface area contributed by atoms with Gasteiger partial charge in [0.15, 0.2) is 11.6 Å². The Labute approximate surface area is 106 Å². The fourth-order valence-electron chi connectivity index (χ4n) is 1.35. The van der Waals surface area contributed by atoms with Gasteiger partial charge in [0.2, 0.25) is 5.78 Å². The van der Waals surface area contributed by atoms with Crippen LogP contribution in [0.25, 0.3) is 0 Å². The minimum Gasteiger partial charge on any atom is -0.288 e. The smallest absolute Gasteiger partial charge is 0.203 e. The van der Waals surface area contributed by atoms with E-state index < -0.39 is 11.6 Å². The second-order valence-electron chi connectivity index (χ2n) is 3.53. The molecule has 0 unspecified atom stereocenters. The minimum absolute atomic E-state index is 0.113. The molecule has 17 heavy (non-hydrogen) atoms. The van der Waals surface area contributed by atoms with Crippen LogP contribution in [0.3, 0.4) is 0 Å². The first-order valence-electron chi connectivity index (χ1n) is 4.74. The van der Waals surface area contributed by atoms with Gasteiger partial charge in [0.1, 0.15) is 0 Å². The average Bonchev–Trinajstić information content (AvgIpc) is 2.62. The summed E-state index contributed by atoms with van der Waals surface area (Å²) in [4.78, 5) is 12.4. The zero-order valence-corrected chi connectivity index (χ0v) is 10.3. The van der Waals surface area contributed by atoms with E-state index in [0.29, 0.717) is 9.21 Å². The van der Waals surface area contributed by atoms with Crippen LogP contribution in [0, 0.1) is 18.6 Å². The van der Waals surface area contributed by atoms with Crippen LogP contribution in [0.1, 0.15) is 20.8 Å². The molecule has 0 saturated heterocycles. The van der Waals surface area contributed by atoms with Crippen molar-refractivity contribution in [2.24, 2.45) is 0 Å². The van der Waals surface area contributed by atoms with Crippen molar-refractivity contribution in [3.8, 4) is 0 Å². The molecule has 0 aliphatic rings. The molecule has 1 aromatic heterocycles. The van der Waals surface area contributed by atoms with Crippen LogP contribution < -0.4 is 0 Å². The quantitative estimate of drug-likeness (QED) is 0.748. The van der Waals surface area contributed by atoms with Crippen molar-refractivity contribution in [2.45, 2.75) is 6.92 Å². The van der Waals surface area contributed by atoms with Gasteiger partial charge >= 0.3 is 0 Å². The average molecular weight is 273 g/mol. The van der Waals surface area contributed by atoms with Crippen molar-refractivity contribution in [3.05, 3.63) is 56.2 Å². The third-order valence-corrected chi connectivity index (χ3v) is 3.82. The normalized spacial score (nSPS) is 10.6. The van der Waals surface area contributed by atoms with Gasteiger partial charge in [-0.15, -0.1) is 11.3 Å². The molecule has 0 aliphatic heterocycles. The maximum Gasteiger partial charge on any atom is 0.203 e. The van der Waals surface area contributed by atoms with E-state index >= 15 is 0 Å². The fourth-order valence-corrected chi connectivity index (χ4v) is 2.51. The molecule has 0 saturated carbocycles. The number of aryl methyl sites for hydroxylation is 1. The number of thiophene rings is 1. The molecule has 2 aromatic rings. The third kappa shape index (κ3) is 2.37. The number of hydrogen-bond donors (Lipinski definition) is 0. The highest BCUT2D eigenvalue weighted by molar-refractivity contribution is 7.18. The van der Waals surface area contributed by atoms with Gasteiger partial charge in [0, 0.05) is 5.56 Å². The lowest BCUT2D eigenvalue weighted by molar-refractivity contribution is 0.104. The zero-order chi connectivity index (χ0) is 12.6. The highest BCUT2D eigenvalue weighted by Crippen LogP contribution is 2.28. The molecule has 0 fully saturated rings. The van der Waals surface area contributed by atoms with Crippen molar-refractivity contribution in [1.82, 2.24) is 0 Å². The van der Waals surface area contributed by atoms with E-state index in [-0.39, 0.29) is 11.3 Å².